The summed E-state index contributed by atoms with van der Waals surface area (Å²) in [6, 6.07) is 9.55. The molecule has 0 saturated carbocycles. The van der Waals surface area contributed by atoms with Gasteiger partial charge in [-0.1, -0.05) is 0 Å². The first-order chi connectivity index (χ1) is 9.17. The van der Waals surface area contributed by atoms with E-state index in [1.165, 1.54) is 0 Å². The van der Waals surface area contributed by atoms with Crippen LogP contribution in [0.2, 0.25) is 0 Å². The normalized spacial score (nSPS) is 10.9. The van der Waals surface area contributed by atoms with Crippen LogP contribution in [-0.2, 0) is 0 Å². The van der Waals surface area contributed by atoms with Crippen molar-refractivity contribution >= 4 is 16.9 Å². The zero-order valence-corrected chi connectivity index (χ0v) is 11.1. The van der Waals surface area contributed by atoms with E-state index in [1.54, 1.807) is 7.11 Å². The van der Waals surface area contributed by atoms with Gasteiger partial charge in [0.25, 0.3) is 0 Å². The molecule has 5 heteroatoms. The predicted octanol–water partition coefficient (Wildman–Crippen LogP) is 2.90. The minimum Gasteiger partial charge on any atom is -0.497 e. The number of imidazole rings is 1. The molecule has 2 aromatic heterocycles. The first-order valence-electron chi connectivity index (χ1n) is 5.98. The number of rotatable bonds is 3. The molecule has 0 saturated heterocycles. The molecule has 0 atom stereocenters. The Bertz CT molecular complexity index is 712. The molecule has 0 aliphatic carbocycles. The number of H-pyrrole nitrogens is 1. The van der Waals surface area contributed by atoms with E-state index in [-0.39, 0.29) is 0 Å². The van der Waals surface area contributed by atoms with Crippen LogP contribution in [-0.4, -0.2) is 31.2 Å². The van der Waals surface area contributed by atoms with Gasteiger partial charge >= 0.3 is 0 Å². The molecule has 0 radical (unpaired) electrons. The van der Waals surface area contributed by atoms with Gasteiger partial charge < -0.3 is 19.0 Å². The van der Waals surface area contributed by atoms with Crippen molar-refractivity contribution in [1.29, 1.82) is 0 Å². The van der Waals surface area contributed by atoms with E-state index in [2.05, 4.69) is 9.97 Å². The van der Waals surface area contributed by atoms with Gasteiger partial charge in [0.1, 0.15) is 5.75 Å². The summed E-state index contributed by atoms with van der Waals surface area (Å²) in [7, 11) is 5.52. The monoisotopic (exact) mass is 257 g/mol. The number of fused-ring (bicyclic) bond motifs is 1. The Morgan fingerprint density at radius 1 is 1.21 bits per heavy atom. The quantitative estimate of drug-likeness (QED) is 0.783. The minimum atomic E-state index is 0.719. The highest BCUT2D eigenvalue weighted by Gasteiger charge is 2.11. The lowest BCUT2D eigenvalue weighted by molar-refractivity contribution is 0.415. The summed E-state index contributed by atoms with van der Waals surface area (Å²) >= 11 is 0. The number of furan rings is 1. The molecule has 0 bridgehead atoms. The summed E-state index contributed by atoms with van der Waals surface area (Å²) < 4.78 is 10.9. The van der Waals surface area contributed by atoms with Crippen molar-refractivity contribution in [3.63, 3.8) is 0 Å². The van der Waals surface area contributed by atoms with E-state index in [1.807, 2.05) is 49.3 Å². The highest BCUT2D eigenvalue weighted by molar-refractivity contribution is 5.80. The van der Waals surface area contributed by atoms with Gasteiger partial charge in [-0.3, -0.25) is 0 Å². The number of aromatic nitrogens is 2. The van der Waals surface area contributed by atoms with Crippen LogP contribution in [0.15, 0.2) is 34.7 Å². The van der Waals surface area contributed by atoms with Crippen LogP contribution < -0.4 is 9.64 Å². The number of nitrogens with one attached hydrogen (secondary N) is 1. The molecule has 2 heterocycles. The number of methoxy groups -OCH3 is 1. The van der Waals surface area contributed by atoms with Crippen molar-refractivity contribution in [2.45, 2.75) is 0 Å². The fraction of sp³-hybridized carbons (Fsp3) is 0.214. The van der Waals surface area contributed by atoms with Crippen LogP contribution in [0, 0.1) is 0 Å². The van der Waals surface area contributed by atoms with E-state index < -0.39 is 0 Å². The van der Waals surface area contributed by atoms with Crippen molar-refractivity contribution in [2.24, 2.45) is 0 Å². The Balaban J connectivity index is 2.04. The Labute approximate surface area is 110 Å². The van der Waals surface area contributed by atoms with Crippen LogP contribution in [0.1, 0.15) is 0 Å². The molecule has 0 fully saturated rings. The van der Waals surface area contributed by atoms with Gasteiger partial charge in [0, 0.05) is 26.2 Å². The maximum absolute atomic E-state index is 5.72. The molecular weight excluding hydrogens is 242 g/mol. The molecule has 19 heavy (non-hydrogen) atoms. The SMILES string of the molecule is COc1ccc2nc(-c3ccc(N(C)C)o3)[nH]c2c1. The summed E-state index contributed by atoms with van der Waals surface area (Å²) in [5.74, 6) is 3.04. The average Bonchev–Trinajstić information content (AvgIpc) is 3.04. The Morgan fingerprint density at radius 3 is 2.74 bits per heavy atom. The second kappa shape index (κ2) is 4.35. The summed E-state index contributed by atoms with van der Waals surface area (Å²) in [6.07, 6.45) is 0. The predicted molar refractivity (Wildman–Crippen MR) is 74.7 cm³/mol. The molecule has 5 nitrogen and oxygen atoms in total. The zero-order chi connectivity index (χ0) is 13.4. The van der Waals surface area contributed by atoms with E-state index >= 15 is 0 Å². The van der Waals surface area contributed by atoms with Gasteiger partial charge in [0.2, 0.25) is 0 Å². The first-order valence-corrected chi connectivity index (χ1v) is 5.98. The molecular formula is C14H15N3O2. The fourth-order valence-electron chi connectivity index (χ4n) is 1.93. The average molecular weight is 257 g/mol. The third-order valence-electron chi connectivity index (χ3n) is 2.96. The summed E-state index contributed by atoms with van der Waals surface area (Å²) in [5, 5.41) is 0. The Hall–Kier alpha value is -2.43. The number of hydrogen-bond donors (Lipinski definition) is 1. The van der Waals surface area contributed by atoms with Crippen LogP contribution in [0.4, 0.5) is 5.88 Å². The molecule has 3 aromatic rings. The van der Waals surface area contributed by atoms with E-state index in [0.717, 1.165) is 34.3 Å². The number of aromatic amines is 1. The Kier molecular flexibility index (Phi) is 2.67. The van der Waals surface area contributed by atoms with E-state index in [9.17, 15) is 0 Å². The van der Waals surface area contributed by atoms with Gasteiger partial charge in [0.05, 0.1) is 18.1 Å². The molecule has 1 aromatic carbocycles. The number of nitrogens with zero attached hydrogens (tertiary/aromatic N) is 2. The van der Waals surface area contributed by atoms with Crippen molar-refractivity contribution in [3.05, 3.63) is 30.3 Å². The van der Waals surface area contributed by atoms with Crippen molar-refractivity contribution in [1.82, 2.24) is 9.97 Å². The maximum atomic E-state index is 5.72. The molecule has 0 amide bonds. The molecule has 98 valence electrons. The molecule has 0 spiro atoms. The van der Waals surface area contributed by atoms with Gasteiger partial charge in [-0.15, -0.1) is 0 Å². The van der Waals surface area contributed by atoms with Crippen LogP contribution >= 0.6 is 0 Å². The van der Waals surface area contributed by atoms with Gasteiger partial charge in [-0.2, -0.15) is 0 Å². The Morgan fingerprint density at radius 2 is 2.05 bits per heavy atom. The lowest BCUT2D eigenvalue weighted by Gasteiger charge is -2.05. The standard InChI is InChI=1S/C14H15N3O2/c1-17(2)13-7-6-12(19-13)14-15-10-5-4-9(18-3)8-11(10)16-14/h4-8H,1-3H3,(H,15,16). The minimum absolute atomic E-state index is 0.719. The van der Waals surface area contributed by atoms with Gasteiger partial charge in [-0.05, 0) is 18.2 Å². The molecule has 0 aliphatic rings. The third kappa shape index (κ3) is 2.03. The van der Waals surface area contributed by atoms with Crippen LogP contribution in [0.3, 0.4) is 0 Å². The smallest absolute Gasteiger partial charge is 0.195 e. The van der Waals surface area contributed by atoms with Gasteiger partial charge in [-0.25, -0.2) is 4.98 Å². The molecule has 3 rings (SSSR count). The van der Waals surface area contributed by atoms with Crippen LogP contribution in [0.5, 0.6) is 5.75 Å². The third-order valence-corrected chi connectivity index (χ3v) is 2.96. The number of anilines is 1. The van der Waals surface area contributed by atoms with E-state index in [4.69, 9.17) is 9.15 Å². The largest absolute Gasteiger partial charge is 0.497 e. The number of benzene rings is 1. The van der Waals surface area contributed by atoms with Gasteiger partial charge in [0.15, 0.2) is 17.5 Å². The summed E-state index contributed by atoms with van der Waals surface area (Å²) in [4.78, 5) is 9.66. The molecule has 0 aliphatic heterocycles. The topological polar surface area (TPSA) is 54.3 Å². The highest BCUT2D eigenvalue weighted by atomic mass is 16.5. The van der Waals surface area contributed by atoms with Crippen molar-refractivity contribution < 1.29 is 9.15 Å². The summed E-state index contributed by atoms with van der Waals surface area (Å²) in [5.41, 5.74) is 1.82. The maximum Gasteiger partial charge on any atom is 0.195 e. The lowest BCUT2D eigenvalue weighted by Crippen LogP contribution is -2.06. The highest BCUT2D eigenvalue weighted by Crippen LogP contribution is 2.27. The first kappa shape index (κ1) is 11.6. The van der Waals surface area contributed by atoms with E-state index in [0.29, 0.717) is 0 Å². The van der Waals surface area contributed by atoms with Crippen LogP contribution in [0.25, 0.3) is 22.6 Å². The number of ether oxygens (including phenoxy) is 1. The second-order valence-corrected chi connectivity index (χ2v) is 4.50. The second-order valence-electron chi connectivity index (χ2n) is 4.50. The number of hydrogen-bond acceptors (Lipinski definition) is 4. The molecule has 0 unspecified atom stereocenters. The lowest BCUT2D eigenvalue weighted by atomic mass is 10.3. The zero-order valence-electron chi connectivity index (χ0n) is 11.1. The fourth-order valence-corrected chi connectivity index (χ4v) is 1.93. The van der Waals surface area contributed by atoms with Crippen molar-refractivity contribution in [2.75, 3.05) is 26.1 Å². The van der Waals surface area contributed by atoms with Crippen molar-refractivity contribution in [3.8, 4) is 17.3 Å². The molecule has 1 N–H and O–H groups in total. The summed E-state index contributed by atoms with van der Waals surface area (Å²) in [6.45, 7) is 0.